The highest BCUT2D eigenvalue weighted by Crippen LogP contribution is 2.44. The standard InChI is InChI=1S/C29H24F3N3O5/c1-37-21-11-9-20(10-12-21)18-39-25-14-13-22(38-17-19-6-3-2-4-7-19)16-23(25)27-34-26-24(8-5-15-33-26)35(27)40-28(36)29(30,31)32/h2-16,27H,17-18H2,1H3,(H,33,34). The Labute approximate surface area is 227 Å². The van der Waals surface area contributed by atoms with Crippen molar-refractivity contribution in [1.29, 1.82) is 0 Å². The van der Waals surface area contributed by atoms with Gasteiger partial charge in [0.2, 0.25) is 0 Å². The van der Waals surface area contributed by atoms with Crippen LogP contribution in [0.5, 0.6) is 17.2 Å². The molecule has 206 valence electrons. The number of methoxy groups -OCH3 is 1. The molecule has 1 aliphatic heterocycles. The van der Waals surface area contributed by atoms with E-state index in [4.69, 9.17) is 19.0 Å². The molecular formula is C29H24F3N3O5. The van der Waals surface area contributed by atoms with Gasteiger partial charge in [-0.15, -0.1) is 0 Å². The van der Waals surface area contributed by atoms with Crippen LogP contribution in [0.3, 0.4) is 0 Å². The average molecular weight is 552 g/mol. The molecule has 0 amide bonds. The molecule has 0 aliphatic carbocycles. The quantitative estimate of drug-likeness (QED) is 0.263. The Morgan fingerprint density at radius 1 is 0.900 bits per heavy atom. The number of nitrogens with zero attached hydrogens (tertiary/aromatic N) is 2. The van der Waals surface area contributed by atoms with Gasteiger partial charge in [-0.1, -0.05) is 42.5 Å². The summed E-state index contributed by atoms with van der Waals surface area (Å²) in [6, 6.07) is 24.7. The summed E-state index contributed by atoms with van der Waals surface area (Å²) in [5.74, 6) is -0.677. The maximum atomic E-state index is 13.2. The molecular weight excluding hydrogens is 527 g/mol. The van der Waals surface area contributed by atoms with Gasteiger partial charge in [-0.05, 0) is 53.6 Å². The summed E-state index contributed by atoms with van der Waals surface area (Å²) in [7, 11) is 1.57. The highest BCUT2D eigenvalue weighted by molar-refractivity contribution is 5.80. The van der Waals surface area contributed by atoms with E-state index in [1.165, 1.54) is 18.3 Å². The SMILES string of the molecule is COc1ccc(COc2ccc(OCc3ccccc3)cc2C2Nc3ncccc3N2OC(=O)C(F)(F)F)cc1. The number of anilines is 2. The van der Waals surface area contributed by atoms with Crippen molar-refractivity contribution in [2.75, 3.05) is 17.5 Å². The molecule has 1 unspecified atom stereocenters. The first-order valence-electron chi connectivity index (χ1n) is 12.2. The van der Waals surface area contributed by atoms with Crippen LogP contribution in [0.15, 0.2) is 91.1 Å². The van der Waals surface area contributed by atoms with E-state index in [1.54, 1.807) is 37.4 Å². The lowest BCUT2D eigenvalue weighted by Gasteiger charge is -2.27. The fourth-order valence-corrected chi connectivity index (χ4v) is 4.05. The largest absolute Gasteiger partial charge is 0.497 e. The third kappa shape index (κ3) is 6.04. The first kappa shape index (κ1) is 26.7. The van der Waals surface area contributed by atoms with E-state index in [-0.39, 0.29) is 24.7 Å². The molecule has 5 rings (SSSR count). The van der Waals surface area contributed by atoms with Crippen molar-refractivity contribution < 1.29 is 37.0 Å². The minimum Gasteiger partial charge on any atom is -0.497 e. The molecule has 40 heavy (non-hydrogen) atoms. The van der Waals surface area contributed by atoms with Crippen molar-refractivity contribution in [3.05, 3.63) is 108 Å². The van der Waals surface area contributed by atoms with Crippen molar-refractivity contribution in [1.82, 2.24) is 4.98 Å². The summed E-state index contributed by atoms with van der Waals surface area (Å²) < 4.78 is 56.8. The number of fused-ring (bicyclic) bond motifs is 1. The normalized spacial score (nSPS) is 14.2. The molecule has 1 aromatic heterocycles. The monoisotopic (exact) mass is 551 g/mol. The highest BCUT2D eigenvalue weighted by Gasteiger charge is 2.46. The molecule has 0 radical (unpaired) electrons. The van der Waals surface area contributed by atoms with Crippen LogP contribution < -0.4 is 24.6 Å². The van der Waals surface area contributed by atoms with Gasteiger partial charge in [0, 0.05) is 11.8 Å². The van der Waals surface area contributed by atoms with Crippen molar-refractivity contribution in [3.63, 3.8) is 0 Å². The van der Waals surface area contributed by atoms with E-state index >= 15 is 0 Å². The van der Waals surface area contributed by atoms with Gasteiger partial charge in [0.15, 0.2) is 12.0 Å². The Hall–Kier alpha value is -4.93. The van der Waals surface area contributed by atoms with E-state index in [9.17, 15) is 18.0 Å². The molecule has 2 heterocycles. The number of alkyl halides is 3. The van der Waals surface area contributed by atoms with Crippen LogP contribution in [0.4, 0.5) is 24.7 Å². The maximum absolute atomic E-state index is 13.2. The summed E-state index contributed by atoms with van der Waals surface area (Å²) in [5, 5.41) is 3.87. The fourth-order valence-electron chi connectivity index (χ4n) is 4.05. The Morgan fingerprint density at radius 3 is 2.33 bits per heavy atom. The number of carbonyl (C=O) groups excluding carboxylic acids is 1. The number of nitrogens with one attached hydrogen (secondary N) is 1. The van der Waals surface area contributed by atoms with Gasteiger partial charge in [0.25, 0.3) is 0 Å². The zero-order chi connectivity index (χ0) is 28.1. The maximum Gasteiger partial charge on any atom is 0.493 e. The summed E-state index contributed by atoms with van der Waals surface area (Å²) in [4.78, 5) is 20.9. The topological polar surface area (TPSA) is 82.2 Å². The number of pyridine rings is 1. The second-order valence-corrected chi connectivity index (χ2v) is 8.73. The van der Waals surface area contributed by atoms with Crippen LogP contribution >= 0.6 is 0 Å². The summed E-state index contributed by atoms with van der Waals surface area (Å²) in [6.07, 6.45) is -4.83. The summed E-state index contributed by atoms with van der Waals surface area (Å²) in [6.45, 7) is 0.417. The molecule has 1 aliphatic rings. The van der Waals surface area contributed by atoms with Gasteiger partial charge in [0.05, 0.1) is 7.11 Å². The summed E-state index contributed by atoms with van der Waals surface area (Å²) in [5.41, 5.74) is 2.29. The van der Waals surface area contributed by atoms with Crippen LogP contribution in [0.2, 0.25) is 0 Å². The van der Waals surface area contributed by atoms with Crippen LogP contribution in [-0.4, -0.2) is 24.2 Å². The predicted octanol–water partition coefficient (Wildman–Crippen LogP) is 6.20. The van der Waals surface area contributed by atoms with Crippen LogP contribution in [-0.2, 0) is 22.8 Å². The molecule has 0 saturated carbocycles. The van der Waals surface area contributed by atoms with Crippen LogP contribution in [0.1, 0.15) is 22.9 Å². The lowest BCUT2D eigenvalue weighted by atomic mass is 10.1. The first-order chi connectivity index (χ1) is 19.3. The van der Waals surface area contributed by atoms with Gasteiger partial charge in [0.1, 0.15) is 36.1 Å². The third-order valence-electron chi connectivity index (χ3n) is 6.02. The van der Waals surface area contributed by atoms with E-state index in [2.05, 4.69) is 10.3 Å². The zero-order valence-corrected chi connectivity index (χ0v) is 21.2. The number of halogens is 3. The van der Waals surface area contributed by atoms with Crippen LogP contribution in [0, 0.1) is 0 Å². The van der Waals surface area contributed by atoms with Gasteiger partial charge >= 0.3 is 12.1 Å². The third-order valence-corrected chi connectivity index (χ3v) is 6.02. The second kappa shape index (κ2) is 11.4. The van der Waals surface area contributed by atoms with E-state index in [0.717, 1.165) is 16.2 Å². The number of rotatable bonds is 9. The predicted molar refractivity (Wildman–Crippen MR) is 140 cm³/mol. The van der Waals surface area contributed by atoms with Gasteiger partial charge in [-0.3, -0.25) is 0 Å². The molecule has 4 aromatic rings. The number of carbonyl (C=O) groups is 1. The van der Waals surface area contributed by atoms with Crippen LogP contribution in [0.25, 0.3) is 0 Å². The number of hydrogen-bond donors (Lipinski definition) is 1. The first-order valence-corrected chi connectivity index (χ1v) is 12.2. The molecule has 0 bridgehead atoms. The molecule has 8 nitrogen and oxygen atoms in total. The highest BCUT2D eigenvalue weighted by atomic mass is 19.4. The Bertz CT molecular complexity index is 1470. The number of aromatic nitrogens is 1. The van der Waals surface area contributed by atoms with E-state index < -0.39 is 18.3 Å². The number of benzene rings is 3. The smallest absolute Gasteiger partial charge is 0.493 e. The van der Waals surface area contributed by atoms with Crippen molar-refractivity contribution in [2.45, 2.75) is 25.6 Å². The zero-order valence-electron chi connectivity index (χ0n) is 21.2. The van der Waals surface area contributed by atoms with Crippen molar-refractivity contribution >= 4 is 17.5 Å². The fraction of sp³-hybridized carbons (Fsp3) is 0.172. The number of ether oxygens (including phenoxy) is 3. The number of hydrogen-bond acceptors (Lipinski definition) is 8. The second-order valence-electron chi connectivity index (χ2n) is 8.73. The Kier molecular flexibility index (Phi) is 7.63. The lowest BCUT2D eigenvalue weighted by Crippen LogP contribution is -2.37. The van der Waals surface area contributed by atoms with Gasteiger partial charge < -0.3 is 24.4 Å². The van der Waals surface area contributed by atoms with Gasteiger partial charge in [-0.25, -0.2) is 9.78 Å². The van der Waals surface area contributed by atoms with Gasteiger partial charge in [-0.2, -0.15) is 18.2 Å². The molecule has 0 spiro atoms. The average Bonchev–Trinajstić information content (AvgIpc) is 3.33. The van der Waals surface area contributed by atoms with E-state index in [0.29, 0.717) is 22.8 Å². The molecule has 11 heteroatoms. The molecule has 1 N–H and O–H groups in total. The number of hydroxylamine groups is 1. The van der Waals surface area contributed by atoms with E-state index in [1.807, 2.05) is 42.5 Å². The minimum absolute atomic E-state index is 0.154. The molecule has 0 saturated heterocycles. The lowest BCUT2D eigenvalue weighted by molar-refractivity contribution is -0.201. The Morgan fingerprint density at radius 2 is 1.60 bits per heavy atom. The summed E-state index contributed by atoms with van der Waals surface area (Å²) >= 11 is 0. The minimum atomic E-state index is -5.20. The van der Waals surface area contributed by atoms with Crippen molar-refractivity contribution in [3.8, 4) is 17.2 Å². The Balaban J connectivity index is 1.47. The molecule has 0 fully saturated rings. The molecule has 1 atom stereocenters. The van der Waals surface area contributed by atoms with Crippen molar-refractivity contribution in [2.24, 2.45) is 0 Å². The molecule has 3 aromatic carbocycles.